The average molecular weight is 250 g/mol. The standard InChI is InChI=1S/C14H22N2O2/c1-4-12-6-5-7-13(10-12)11(2)15-8-9-16-14(17)18-3/h5-7,10-11,15H,4,8-9H2,1-3H3,(H,16,17). The third-order valence-electron chi connectivity index (χ3n) is 2.89. The molecule has 0 saturated heterocycles. The molecule has 0 aliphatic carbocycles. The van der Waals surface area contributed by atoms with E-state index < -0.39 is 6.09 Å². The molecule has 0 heterocycles. The van der Waals surface area contributed by atoms with Crippen LogP contribution in [0.4, 0.5) is 4.79 Å². The molecular weight excluding hydrogens is 228 g/mol. The second-order valence-electron chi connectivity index (χ2n) is 4.19. The summed E-state index contributed by atoms with van der Waals surface area (Å²) >= 11 is 0. The fourth-order valence-corrected chi connectivity index (χ4v) is 1.73. The smallest absolute Gasteiger partial charge is 0.406 e. The molecule has 0 spiro atoms. The number of rotatable bonds is 6. The minimum atomic E-state index is -0.391. The van der Waals surface area contributed by atoms with E-state index in [9.17, 15) is 4.79 Å². The highest BCUT2D eigenvalue weighted by Crippen LogP contribution is 2.14. The lowest BCUT2D eigenvalue weighted by Crippen LogP contribution is -2.32. The molecule has 1 rings (SSSR count). The summed E-state index contributed by atoms with van der Waals surface area (Å²) in [4.78, 5) is 10.8. The van der Waals surface area contributed by atoms with Crippen molar-refractivity contribution in [2.24, 2.45) is 0 Å². The number of nitrogens with one attached hydrogen (secondary N) is 2. The molecule has 4 nitrogen and oxygen atoms in total. The molecule has 2 N–H and O–H groups in total. The first-order valence-corrected chi connectivity index (χ1v) is 6.31. The van der Waals surface area contributed by atoms with E-state index in [1.807, 2.05) is 0 Å². The van der Waals surface area contributed by atoms with Gasteiger partial charge in [0.1, 0.15) is 0 Å². The molecule has 4 heteroatoms. The van der Waals surface area contributed by atoms with Crippen LogP contribution in [-0.2, 0) is 11.2 Å². The number of amides is 1. The van der Waals surface area contributed by atoms with Gasteiger partial charge in [-0.1, -0.05) is 31.2 Å². The number of carbonyl (C=O) groups is 1. The van der Waals surface area contributed by atoms with Gasteiger partial charge in [-0.3, -0.25) is 0 Å². The summed E-state index contributed by atoms with van der Waals surface area (Å²) < 4.78 is 4.49. The van der Waals surface area contributed by atoms with Crippen molar-refractivity contribution in [3.05, 3.63) is 35.4 Å². The molecule has 100 valence electrons. The largest absolute Gasteiger partial charge is 0.453 e. The van der Waals surface area contributed by atoms with E-state index >= 15 is 0 Å². The van der Waals surface area contributed by atoms with E-state index in [0.29, 0.717) is 13.1 Å². The zero-order chi connectivity index (χ0) is 13.4. The molecule has 0 bridgehead atoms. The maximum absolute atomic E-state index is 10.8. The summed E-state index contributed by atoms with van der Waals surface area (Å²) in [6, 6.07) is 8.82. The molecule has 0 aromatic heterocycles. The first-order chi connectivity index (χ1) is 8.67. The van der Waals surface area contributed by atoms with Crippen molar-refractivity contribution in [2.45, 2.75) is 26.3 Å². The van der Waals surface area contributed by atoms with Crippen LogP contribution in [0, 0.1) is 0 Å². The van der Waals surface area contributed by atoms with Crippen molar-refractivity contribution in [3.8, 4) is 0 Å². The highest BCUT2D eigenvalue weighted by molar-refractivity contribution is 5.66. The Hall–Kier alpha value is -1.55. The Labute approximate surface area is 109 Å². The Bertz CT molecular complexity index is 380. The number of alkyl carbamates (subject to hydrolysis) is 1. The van der Waals surface area contributed by atoms with Gasteiger partial charge in [-0.15, -0.1) is 0 Å². The van der Waals surface area contributed by atoms with E-state index in [1.165, 1.54) is 18.2 Å². The number of hydrogen-bond donors (Lipinski definition) is 2. The summed E-state index contributed by atoms with van der Waals surface area (Å²) in [5.41, 5.74) is 2.61. The normalized spacial score (nSPS) is 11.9. The van der Waals surface area contributed by atoms with Crippen LogP contribution in [-0.4, -0.2) is 26.3 Å². The number of aryl methyl sites for hydroxylation is 1. The van der Waals surface area contributed by atoms with Crippen LogP contribution in [0.25, 0.3) is 0 Å². The molecule has 1 aromatic carbocycles. The first kappa shape index (κ1) is 14.5. The third kappa shape index (κ3) is 4.75. The Morgan fingerprint density at radius 1 is 1.39 bits per heavy atom. The monoisotopic (exact) mass is 250 g/mol. The third-order valence-corrected chi connectivity index (χ3v) is 2.89. The second-order valence-corrected chi connectivity index (χ2v) is 4.19. The van der Waals surface area contributed by atoms with Crippen molar-refractivity contribution in [1.82, 2.24) is 10.6 Å². The number of hydrogen-bond acceptors (Lipinski definition) is 3. The lowest BCUT2D eigenvalue weighted by molar-refractivity contribution is 0.171. The van der Waals surface area contributed by atoms with Crippen LogP contribution >= 0.6 is 0 Å². The lowest BCUT2D eigenvalue weighted by Gasteiger charge is -2.15. The Morgan fingerprint density at radius 3 is 2.83 bits per heavy atom. The van der Waals surface area contributed by atoms with Gasteiger partial charge in [0, 0.05) is 19.1 Å². The van der Waals surface area contributed by atoms with Crippen molar-refractivity contribution in [3.63, 3.8) is 0 Å². The Morgan fingerprint density at radius 2 is 2.17 bits per heavy atom. The molecule has 0 radical (unpaired) electrons. The van der Waals surface area contributed by atoms with E-state index in [2.05, 4.69) is 53.5 Å². The van der Waals surface area contributed by atoms with Gasteiger partial charge in [-0.05, 0) is 24.5 Å². The summed E-state index contributed by atoms with van der Waals surface area (Å²) in [6.45, 7) is 5.54. The van der Waals surface area contributed by atoms with Crippen LogP contribution in [0.5, 0.6) is 0 Å². The minimum Gasteiger partial charge on any atom is -0.453 e. The molecule has 0 aliphatic rings. The van der Waals surface area contributed by atoms with Crippen LogP contribution < -0.4 is 10.6 Å². The zero-order valence-electron chi connectivity index (χ0n) is 11.3. The van der Waals surface area contributed by atoms with Gasteiger partial charge >= 0.3 is 6.09 Å². The van der Waals surface area contributed by atoms with E-state index in [-0.39, 0.29) is 6.04 Å². The van der Waals surface area contributed by atoms with Gasteiger partial charge in [0.25, 0.3) is 0 Å². The van der Waals surface area contributed by atoms with Crippen molar-refractivity contribution in [1.29, 1.82) is 0 Å². The second kappa shape index (κ2) is 7.71. The van der Waals surface area contributed by atoms with Crippen molar-refractivity contribution < 1.29 is 9.53 Å². The molecule has 1 unspecified atom stereocenters. The maximum atomic E-state index is 10.8. The first-order valence-electron chi connectivity index (χ1n) is 6.31. The van der Waals surface area contributed by atoms with Gasteiger partial charge in [0.15, 0.2) is 0 Å². The number of benzene rings is 1. The molecule has 18 heavy (non-hydrogen) atoms. The fourth-order valence-electron chi connectivity index (χ4n) is 1.73. The molecular formula is C14H22N2O2. The van der Waals surface area contributed by atoms with Crippen molar-refractivity contribution >= 4 is 6.09 Å². The van der Waals surface area contributed by atoms with Gasteiger partial charge < -0.3 is 15.4 Å². The van der Waals surface area contributed by atoms with Crippen molar-refractivity contribution in [2.75, 3.05) is 20.2 Å². The summed E-state index contributed by atoms with van der Waals surface area (Å²) in [5.74, 6) is 0. The van der Waals surface area contributed by atoms with E-state index in [1.54, 1.807) is 0 Å². The topological polar surface area (TPSA) is 50.4 Å². The number of methoxy groups -OCH3 is 1. The van der Waals surface area contributed by atoms with Gasteiger partial charge in [0.2, 0.25) is 0 Å². The van der Waals surface area contributed by atoms with Gasteiger partial charge in [-0.25, -0.2) is 4.79 Å². The maximum Gasteiger partial charge on any atom is 0.406 e. The van der Waals surface area contributed by atoms with Crippen LogP contribution in [0.15, 0.2) is 24.3 Å². The quantitative estimate of drug-likeness (QED) is 0.761. The summed E-state index contributed by atoms with van der Waals surface area (Å²) in [6.07, 6.45) is 0.655. The van der Waals surface area contributed by atoms with Crippen LogP contribution in [0.3, 0.4) is 0 Å². The molecule has 1 aromatic rings. The zero-order valence-corrected chi connectivity index (χ0v) is 11.3. The van der Waals surface area contributed by atoms with Gasteiger partial charge in [0.05, 0.1) is 7.11 Å². The Balaban J connectivity index is 2.35. The fraction of sp³-hybridized carbons (Fsp3) is 0.500. The number of carbonyl (C=O) groups excluding carboxylic acids is 1. The lowest BCUT2D eigenvalue weighted by atomic mass is 10.0. The summed E-state index contributed by atoms with van der Waals surface area (Å²) in [7, 11) is 1.36. The van der Waals surface area contributed by atoms with E-state index in [4.69, 9.17) is 0 Å². The highest BCUT2D eigenvalue weighted by Gasteiger charge is 2.05. The molecule has 0 aliphatic heterocycles. The minimum absolute atomic E-state index is 0.274. The molecule has 1 amide bonds. The predicted octanol–water partition coefficient (Wildman–Crippen LogP) is 2.26. The summed E-state index contributed by atoms with van der Waals surface area (Å²) in [5, 5.41) is 6.00. The molecule has 0 fully saturated rings. The SMILES string of the molecule is CCc1cccc(C(C)NCCNC(=O)OC)c1. The molecule has 1 atom stereocenters. The number of ether oxygens (including phenoxy) is 1. The van der Waals surface area contributed by atoms with Crippen LogP contribution in [0.1, 0.15) is 31.0 Å². The van der Waals surface area contributed by atoms with Crippen LogP contribution in [0.2, 0.25) is 0 Å². The predicted molar refractivity (Wildman–Crippen MR) is 72.6 cm³/mol. The average Bonchev–Trinajstić information content (AvgIpc) is 2.43. The Kier molecular flexibility index (Phi) is 6.22. The molecule has 0 saturated carbocycles. The van der Waals surface area contributed by atoms with E-state index in [0.717, 1.165) is 6.42 Å². The highest BCUT2D eigenvalue weighted by atomic mass is 16.5. The van der Waals surface area contributed by atoms with Gasteiger partial charge in [-0.2, -0.15) is 0 Å².